The molecule has 0 spiro atoms. The molecule has 1 saturated carbocycles. The molecule has 1 heterocycles. The van der Waals surface area contributed by atoms with Crippen LogP contribution < -0.4 is 5.32 Å². The van der Waals surface area contributed by atoms with Crippen molar-refractivity contribution in [2.75, 3.05) is 13.1 Å². The monoisotopic (exact) mass is 337 g/mol. The molecule has 0 amide bonds. The van der Waals surface area contributed by atoms with Crippen molar-refractivity contribution in [3.8, 4) is 0 Å². The third kappa shape index (κ3) is 7.13. The first kappa shape index (κ1) is 19.8. The topological polar surface area (TPSA) is 49.3 Å². The van der Waals surface area contributed by atoms with Gasteiger partial charge in [0.15, 0.2) is 0 Å². The molecule has 0 aromatic rings. The molecule has 0 radical (unpaired) electrons. The molecule has 24 heavy (non-hydrogen) atoms. The molecule has 140 valence electrons. The number of nitrogens with one attached hydrogen (secondary N) is 1. The molecule has 3 nitrogen and oxygen atoms in total. The lowest BCUT2D eigenvalue weighted by Crippen LogP contribution is -2.28. The minimum atomic E-state index is -0.586. The maximum absolute atomic E-state index is 11.5. The summed E-state index contributed by atoms with van der Waals surface area (Å²) in [5.74, 6) is 0.244. The Kier molecular flexibility index (Phi) is 9.79. The summed E-state index contributed by atoms with van der Waals surface area (Å²) in [5, 5.41) is 12.8. The van der Waals surface area contributed by atoms with Gasteiger partial charge in [0.1, 0.15) is 0 Å². The Morgan fingerprint density at radius 1 is 0.667 bits per heavy atom. The van der Waals surface area contributed by atoms with Gasteiger partial charge in [-0.05, 0) is 18.4 Å². The second kappa shape index (κ2) is 11.9. The molecule has 0 bridgehead atoms. The number of hydrogen-bond donors (Lipinski definition) is 2. The summed E-state index contributed by atoms with van der Waals surface area (Å²) in [7, 11) is 0. The fourth-order valence-electron chi connectivity index (χ4n) is 4.79. The van der Waals surface area contributed by atoms with E-state index >= 15 is 0 Å². The fraction of sp³-hybridized carbons (Fsp3) is 0.952. The summed E-state index contributed by atoms with van der Waals surface area (Å²) in [6.07, 6.45) is 20.4. The smallest absolute Gasteiger partial charge is 0.308 e. The summed E-state index contributed by atoms with van der Waals surface area (Å²) in [4.78, 5) is 11.5. The molecule has 2 rings (SSSR count). The Morgan fingerprint density at radius 3 is 1.50 bits per heavy atom. The average Bonchev–Trinajstić information content (AvgIpc) is 3.05. The third-order valence-corrected chi connectivity index (χ3v) is 6.33. The summed E-state index contributed by atoms with van der Waals surface area (Å²) < 4.78 is 0. The lowest BCUT2D eigenvalue weighted by molar-refractivity contribution is -0.143. The first-order valence-corrected chi connectivity index (χ1v) is 10.7. The molecule has 0 aromatic heterocycles. The zero-order valence-corrected chi connectivity index (χ0v) is 15.6. The van der Waals surface area contributed by atoms with E-state index in [0.29, 0.717) is 18.4 Å². The molecule has 1 aliphatic heterocycles. The van der Waals surface area contributed by atoms with Crippen molar-refractivity contribution in [1.29, 1.82) is 0 Å². The zero-order chi connectivity index (χ0) is 17.0. The van der Waals surface area contributed by atoms with Crippen molar-refractivity contribution in [3.63, 3.8) is 0 Å². The van der Waals surface area contributed by atoms with Gasteiger partial charge in [0.25, 0.3) is 0 Å². The Balaban J connectivity index is 1.83. The number of hydrogen-bond acceptors (Lipinski definition) is 2. The van der Waals surface area contributed by atoms with Crippen molar-refractivity contribution < 1.29 is 9.90 Å². The summed E-state index contributed by atoms with van der Waals surface area (Å²) in [6.45, 7) is 1.60. The maximum atomic E-state index is 11.5. The van der Waals surface area contributed by atoms with Crippen LogP contribution in [0.25, 0.3) is 0 Å². The lowest BCUT2D eigenvalue weighted by atomic mass is 9.78. The van der Waals surface area contributed by atoms with E-state index in [1.54, 1.807) is 0 Å². The average molecular weight is 338 g/mol. The van der Waals surface area contributed by atoms with Gasteiger partial charge < -0.3 is 10.4 Å². The molecule has 2 fully saturated rings. The maximum Gasteiger partial charge on any atom is 0.308 e. The summed E-state index contributed by atoms with van der Waals surface area (Å²) in [6, 6.07) is 0. The first-order valence-electron chi connectivity index (χ1n) is 10.7. The number of rotatable bonds is 2. The van der Waals surface area contributed by atoms with Crippen LogP contribution >= 0.6 is 0 Å². The predicted molar refractivity (Wildman–Crippen MR) is 100 cm³/mol. The highest BCUT2D eigenvalue weighted by Crippen LogP contribution is 2.33. The summed E-state index contributed by atoms with van der Waals surface area (Å²) in [5.41, 5.74) is 0. The van der Waals surface area contributed by atoms with Crippen molar-refractivity contribution in [2.45, 2.75) is 96.3 Å². The van der Waals surface area contributed by atoms with E-state index in [4.69, 9.17) is 0 Å². The van der Waals surface area contributed by atoms with Crippen LogP contribution in [0.2, 0.25) is 0 Å². The van der Waals surface area contributed by atoms with Gasteiger partial charge in [-0.1, -0.05) is 96.3 Å². The van der Waals surface area contributed by atoms with Gasteiger partial charge in [-0.2, -0.15) is 0 Å². The van der Waals surface area contributed by atoms with Crippen LogP contribution in [-0.2, 0) is 4.79 Å². The van der Waals surface area contributed by atoms with Gasteiger partial charge in [-0.15, -0.1) is 0 Å². The lowest BCUT2D eigenvalue weighted by Gasteiger charge is -2.26. The van der Waals surface area contributed by atoms with Crippen molar-refractivity contribution in [2.24, 2.45) is 17.8 Å². The molecule has 2 N–H and O–H groups in total. The van der Waals surface area contributed by atoms with Crippen molar-refractivity contribution in [3.05, 3.63) is 0 Å². The molecule has 2 unspecified atom stereocenters. The number of carboxylic acid groups (broad SMARTS) is 1. The van der Waals surface area contributed by atoms with Crippen LogP contribution in [0.3, 0.4) is 0 Å². The number of carbonyl (C=O) groups is 1. The molecular formula is C21H39NO2. The van der Waals surface area contributed by atoms with E-state index in [2.05, 4.69) is 5.32 Å². The molecular weight excluding hydrogens is 298 g/mol. The highest BCUT2D eigenvalue weighted by Gasteiger charge is 2.37. The largest absolute Gasteiger partial charge is 0.481 e. The summed E-state index contributed by atoms with van der Waals surface area (Å²) >= 11 is 0. The normalized spacial score (nSPS) is 30.2. The first-order chi connectivity index (χ1) is 11.8. The quantitative estimate of drug-likeness (QED) is 0.710. The predicted octanol–water partition coefficient (Wildman–Crippen LogP) is 5.39. The fourth-order valence-corrected chi connectivity index (χ4v) is 4.79. The van der Waals surface area contributed by atoms with E-state index in [-0.39, 0.29) is 5.92 Å². The van der Waals surface area contributed by atoms with Crippen LogP contribution in [0.1, 0.15) is 96.3 Å². The Hall–Kier alpha value is -0.570. The standard InChI is InChI=1S/C21H39NO2/c23-21(24)20-17-22-16-19(20)18-14-12-10-8-6-4-2-1-3-5-7-9-11-13-15-18/h18-20,22H,1-17H2,(H,23,24). The Labute approximate surface area is 149 Å². The minimum Gasteiger partial charge on any atom is -0.481 e. The van der Waals surface area contributed by atoms with Gasteiger partial charge in [0, 0.05) is 6.54 Å². The van der Waals surface area contributed by atoms with E-state index in [1.165, 1.54) is 96.3 Å². The van der Waals surface area contributed by atoms with E-state index in [9.17, 15) is 9.90 Å². The van der Waals surface area contributed by atoms with Gasteiger partial charge >= 0.3 is 5.97 Å². The van der Waals surface area contributed by atoms with E-state index in [0.717, 1.165) is 6.54 Å². The third-order valence-electron chi connectivity index (χ3n) is 6.33. The Bertz CT molecular complexity index is 329. The molecule has 0 aromatic carbocycles. The van der Waals surface area contributed by atoms with Gasteiger partial charge in [0.05, 0.1) is 5.92 Å². The van der Waals surface area contributed by atoms with Crippen molar-refractivity contribution >= 4 is 5.97 Å². The second-order valence-corrected chi connectivity index (χ2v) is 8.20. The van der Waals surface area contributed by atoms with E-state index < -0.39 is 5.97 Å². The minimum absolute atomic E-state index is 0.152. The van der Waals surface area contributed by atoms with Gasteiger partial charge in [-0.3, -0.25) is 4.79 Å². The van der Waals surface area contributed by atoms with Gasteiger partial charge in [-0.25, -0.2) is 0 Å². The van der Waals surface area contributed by atoms with Gasteiger partial charge in [0.2, 0.25) is 0 Å². The van der Waals surface area contributed by atoms with Crippen LogP contribution in [0, 0.1) is 17.8 Å². The molecule has 2 atom stereocenters. The van der Waals surface area contributed by atoms with Crippen molar-refractivity contribution in [1.82, 2.24) is 5.32 Å². The number of carboxylic acids is 1. The molecule has 1 saturated heterocycles. The van der Waals surface area contributed by atoms with Crippen LogP contribution in [0.15, 0.2) is 0 Å². The van der Waals surface area contributed by atoms with Crippen LogP contribution in [-0.4, -0.2) is 24.2 Å². The molecule has 2 aliphatic rings. The molecule has 1 aliphatic carbocycles. The second-order valence-electron chi connectivity index (χ2n) is 8.20. The van der Waals surface area contributed by atoms with E-state index in [1.807, 2.05) is 0 Å². The molecule has 3 heteroatoms. The van der Waals surface area contributed by atoms with Crippen LogP contribution in [0.4, 0.5) is 0 Å². The number of aliphatic carboxylic acids is 1. The SMILES string of the molecule is O=C(O)C1CNCC1C1CCCCCCCCCCCCCCC1. The van der Waals surface area contributed by atoms with Crippen LogP contribution in [0.5, 0.6) is 0 Å². The Morgan fingerprint density at radius 2 is 1.08 bits per heavy atom. The zero-order valence-electron chi connectivity index (χ0n) is 15.6. The highest BCUT2D eigenvalue weighted by atomic mass is 16.4. The highest BCUT2D eigenvalue weighted by molar-refractivity contribution is 5.71.